The molecule has 0 aromatic heterocycles. The van der Waals surface area contributed by atoms with E-state index in [1.54, 1.807) is 6.20 Å². The Morgan fingerprint density at radius 2 is 2.23 bits per heavy atom. The first-order valence-electron chi connectivity index (χ1n) is 4.26. The van der Waals surface area contributed by atoms with Crippen LogP contribution in [0.1, 0.15) is 11.1 Å². The molecule has 2 nitrogen and oxygen atoms in total. The lowest BCUT2D eigenvalue weighted by Crippen LogP contribution is -2.22. The van der Waals surface area contributed by atoms with Gasteiger partial charge in [-0.3, -0.25) is 0 Å². The number of benzene rings is 1. The summed E-state index contributed by atoms with van der Waals surface area (Å²) in [6.45, 7) is 3.96. The lowest BCUT2D eigenvalue weighted by atomic mass is 10.1. The van der Waals surface area contributed by atoms with Gasteiger partial charge < -0.3 is 5.32 Å². The highest BCUT2D eigenvalue weighted by molar-refractivity contribution is 6.00. The molecule has 0 saturated heterocycles. The van der Waals surface area contributed by atoms with Crippen LogP contribution in [0.15, 0.2) is 41.5 Å². The van der Waals surface area contributed by atoms with E-state index in [2.05, 4.69) is 29.4 Å². The van der Waals surface area contributed by atoms with Crippen LogP contribution in [0.4, 0.5) is 0 Å². The third-order valence-corrected chi connectivity index (χ3v) is 1.90. The number of aryl methyl sites for hydroxylation is 1. The average molecular weight is 171 g/mol. The van der Waals surface area contributed by atoms with E-state index >= 15 is 0 Å². The molecule has 0 amide bonds. The molecule has 0 fully saturated rings. The Kier molecular flexibility index (Phi) is 2.13. The zero-order chi connectivity index (χ0) is 9.10. The summed E-state index contributed by atoms with van der Waals surface area (Å²) in [5, 5.41) is 3.10. The fourth-order valence-corrected chi connectivity index (χ4v) is 1.28. The van der Waals surface area contributed by atoms with Gasteiger partial charge in [-0.2, -0.15) is 0 Å². The van der Waals surface area contributed by atoms with Gasteiger partial charge in [0.2, 0.25) is 0 Å². The molecular weight excluding hydrogens is 160 g/mol. The standard InChI is InChI=1S/C11H11N2/c1-9-4-2-5-10(8-9)11-12-6-3-7-13-11/h2-8H,1H3,(H,12,13). The molecule has 1 aliphatic heterocycles. The van der Waals surface area contributed by atoms with Crippen LogP contribution >= 0.6 is 0 Å². The SMILES string of the molecule is Cc1cccc(C2=NC=C[CH]N2)c1. The third-order valence-electron chi connectivity index (χ3n) is 1.90. The van der Waals surface area contributed by atoms with Crippen molar-refractivity contribution in [2.45, 2.75) is 6.92 Å². The van der Waals surface area contributed by atoms with Crippen molar-refractivity contribution in [2.75, 3.05) is 0 Å². The fourth-order valence-electron chi connectivity index (χ4n) is 1.28. The van der Waals surface area contributed by atoms with Gasteiger partial charge in [-0.1, -0.05) is 23.8 Å². The highest BCUT2D eigenvalue weighted by Crippen LogP contribution is 2.06. The molecule has 1 aromatic carbocycles. The van der Waals surface area contributed by atoms with Gasteiger partial charge in [-0.25, -0.2) is 4.99 Å². The molecule has 0 spiro atoms. The Morgan fingerprint density at radius 3 is 2.92 bits per heavy atom. The van der Waals surface area contributed by atoms with Crippen LogP contribution < -0.4 is 5.32 Å². The van der Waals surface area contributed by atoms with E-state index in [9.17, 15) is 0 Å². The summed E-state index contributed by atoms with van der Waals surface area (Å²) in [5.74, 6) is 0.909. The van der Waals surface area contributed by atoms with Crippen LogP contribution in [0.2, 0.25) is 0 Å². The molecule has 1 N–H and O–H groups in total. The number of aliphatic imine (C=N–C) groups is 1. The molecule has 1 radical (unpaired) electrons. The summed E-state index contributed by atoms with van der Waals surface area (Å²) in [6, 6.07) is 8.27. The third kappa shape index (κ3) is 1.78. The van der Waals surface area contributed by atoms with Gasteiger partial charge in [0.1, 0.15) is 5.84 Å². The average Bonchev–Trinajstić information content (AvgIpc) is 2.19. The number of amidine groups is 1. The number of hydrogen-bond acceptors (Lipinski definition) is 2. The maximum atomic E-state index is 4.23. The zero-order valence-corrected chi connectivity index (χ0v) is 7.49. The lowest BCUT2D eigenvalue weighted by Gasteiger charge is -2.10. The van der Waals surface area contributed by atoms with E-state index in [1.807, 2.05) is 24.8 Å². The molecule has 2 heteroatoms. The van der Waals surface area contributed by atoms with Crippen molar-refractivity contribution in [1.82, 2.24) is 5.32 Å². The minimum Gasteiger partial charge on any atom is -0.361 e. The summed E-state index contributed by atoms with van der Waals surface area (Å²) in [5.41, 5.74) is 2.37. The first-order valence-corrected chi connectivity index (χ1v) is 4.26. The van der Waals surface area contributed by atoms with Gasteiger partial charge in [0.05, 0.1) is 6.54 Å². The highest BCUT2D eigenvalue weighted by atomic mass is 15.0. The number of hydrogen-bond donors (Lipinski definition) is 1. The second-order valence-corrected chi connectivity index (χ2v) is 3.00. The first kappa shape index (κ1) is 8.05. The maximum Gasteiger partial charge on any atom is 0.133 e. The predicted molar refractivity (Wildman–Crippen MR) is 54.3 cm³/mol. The fraction of sp³-hybridized carbons (Fsp3) is 0.0909. The minimum absolute atomic E-state index is 0.909. The summed E-state index contributed by atoms with van der Waals surface area (Å²) >= 11 is 0. The van der Waals surface area contributed by atoms with Crippen molar-refractivity contribution >= 4 is 5.84 Å². The summed E-state index contributed by atoms with van der Waals surface area (Å²) in [4.78, 5) is 4.23. The second kappa shape index (κ2) is 3.44. The molecule has 1 aliphatic rings. The molecule has 65 valence electrons. The summed E-state index contributed by atoms with van der Waals surface area (Å²) in [7, 11) is 0. The van der Waals surface area contributed by atoms with Crippen molar-refractivity contribution in [2.24, 2.45) is 4.99 Å². The van der Waals surface area contributed by atoms with Gasteiger partial charge in [0.25, 0.3) is 0 Å². The van der Waals surface area contributed by atoms with Crippen molar-refractivity contribution in [3.05, 3.63) is 54.2 Å². The van der Waals surface area contributed by atoms with Gasteiger partial charge in [-0.15, -0.1) is 0 Å². The Balaban J connectivity index is 2.34. The smallest absolute Gasteiger partial charge is 0.133 e. The van der Waals surface area contributed by atoms with Gasteiger partial charge in [0.15, 0.2) is 0 Å². The van der Waals surface area contributed by atoms with Crippen molar-refractivity contribution in [1.29, 1.82) is 0 Å². The van der Waals surface area contributed by atoms with Crippen LogP contribution in [0.5, 0.6) is 0 Å². The quantitative estimate of drug-likeness (QED) is 0.686. The molecule has 0 bridgehead atoms. The molecule has 13 heavy (non-hydrogen) atoms. The molecule has 2 rings (SSSR count). The molecule has 0 aliphatic carbocycles. The monoisotopic (exact) mass is 171 g/mol. The molecule has 1 aromatic rings. The number of rotatable bonds is 1. The predicted octanol–water partition coefficient (Wildman–Crippen LogP) is 2.02. The Morgan fingerprint density at radius 1 is 1.31 bits per heavy atom. The van der Waals surface area contributed by atoms with E-state index in [0.29, 0.717) is 0 Å². The Bertz CT molecular complexity index is 364. The summed E-state index contributed by atoms with van der Waals surface area (Å²) < 4.78 is 0. The van der Waals surface area contributed by atoms with Gasteiger partial charge >= 0.3 is 0 Å². The van der Waals surface area contributed by atoms with E-state index in [-0.39, 0.29) is 0 Å². The van der Waals surface area contributed by atoms with E-state index in [4.69, 9.17) is 0 Å². The minimum atomic E-state index is 0.909. The summed E-state index contributed by atoms with van der Waals surface area (Å²) in [6.07, 6.45) is 3.66. The van der Waals surface area contributed by atoms with E-state index in [0.717, 1.165) is 11.4 Å². The van der Waals surface area contributed by atoms with Crippen LogP contribution in [0.25, 0.3) is 0 Å². The van der Waals surface area contributed by atoms with Crippen molar-refractivity contribution in [3.8, 4) is 0 Å². The Labute approximate surface area is 78.0 Å². The zero-order valence-electron chi connectivity index (χ0n) is 7.49. The number of nitrogens with one attached hydrogen (secondary N) is 1. The molecule has 0 atom stereocenters. The van der Waals surface area contributed by atoms with Crippen LogP contribution in [-0.2, 0) is 0 Å². The molecule has 0 unspecified atom stereocenters. The van der Waals surface area contributed by atoms with Crippen molar-refractivity contribution < 1.29 is 0 Å². The van der Waals surface area contributed by atoms with E-state index < -0.39 is 0 Å². The van der Waals surface area contributed by atoms with Crippen molar-refractivity contribution in [3.63, 3.8) is 0 Å². The Hall–Kier alpha value is -1.57. The van der Waals surface area contributed by atoms with Crippen LogP contribution in [0, 0.1) is 13.5 Å². The van der Waals surface area contributed by atoms with Gasteiger partial charge in [-0.05, 0) is 19.1 Å². The normalized spacial score (nSPS) is 15.0. The topological polar surface area (TPSA) is 24.4 Å². The maximum absolute atomic E-state index is 4.23. The largest absolute Gasteiger partial charge is 0.361 e. The second-order valence-electron chi connectivity index (χ2n) is 3.00. The highest BCUT2D eigenvalue weighted by Gasteiger charge is 2.03. The van der Waals surface area contributed by atoms with Crippen LogP contribution in [-0.4, -0.2) is 5.84 Å². The molecular formula is C11H11N2. The first-order chi connectivity index (χ1) is 6.36. The van der Waals surface area contributed by atoms with Crippen LogP contribution in [0.3, 0.4) is 0 Å². The van der Waals surface area contributed by atoms with Gasteiger partial charge in [0, 0.05) is 11.8 Å². The molecule has 0 saturated carbocycles. The molecule has 1 heterocycles. The lowest BCUT2D eigenvalue weighted by molar-refractivity contribution is 1.13. The number of nitrogens with zero attached hydrogens (tertiary/aromatic N) is 1. The van der Waals surface area contributed by atoms with E-state index in [1.165, 1.54) is 5.56 Å².